The van der Waals surface area contributed by atoms with Crippen molar-refractivity contribution in [3.63, 3.8) is 0 Å². The average molecular weight is 419 g/mol. The molecular weight excluding hydrogens is 388 g/mol. The molecule has 0 aromatic heterocycles. The van der Waals surface area contributed by atoms with Gasteiger partial charge in [0, 0.05) is 11.8 Å². The molecule has 3 fully saturated rings. The van der Waals surface area contributed by atoms with E-state index in [-0.39, 0.29) is 36.0 Å². The Balaban J connectivity index is 1.43. The van der Waals surface area contributed by atoms with Crippen LogP contribution in [0.25, 0.3) is 0 Å². The fourth-order valence-corrected chi connectivity index (χ4v) is 6.75. The van der Waals surface area contributed by atoms with Crippen molar-refractivity contribution >= 4 is 11.9 Å². The maximum absolute atomic E-state index is 12.9. The Morgan fingerprint density at radius 1 is 0.677 bits per heavy atom. The van der Waals surface area contributed by atoms with Gasteiger partial charge in [-0.05, 0) is 54.4 Å². The first-order valence-corrected chi connectivity index (χ1v) is 11.6. The van der Waals surface area contributed by atoms with Crippen LogP contribution in [0.4, 0.5) is 0 Å². The molecule has 0 spiro atoms. The van der Waals surface area contributed by atoms with Crippen molar-refractivity contribution in [2.45, 2.75) is 45.3 Å². The van der Waals surface area contributed by atoms with Gasteiger partial charge in [-0.3, -0.25) is 0 Å². The van der Waals surface area contributed by atoms with Crippen LogP contribution in [0.15, 0.2) is 60.7 Å². The summed E-state index contributed by atoms with van der Waals surface area (Å²) in [6.45, 7) is 4.68. The molecule has 0 amide bonds. The van der Waals surface area contributed by atoms with E-state index in [1.807, 2.05) is 36.4 Å². The number of hydrogen-bond donors (Lipinski definition) is 0. The molecule has 0 heterocycles. The quantitative estimate of drug-likeness (QED) is 0.625. The van der Waals surface area contributed by atoms with Gasteiger partial charge in [0.1, 0.15) is 12.2 Å². The molecule has 0 aliphatic heterocycles. The molecule has 3 aliphatic carbocycles. The Bertz CT molecular complexity index is 863. The summed E-state index contributed by atoms with van der Waals surface area (Å²) < 4.78 is 12.2. The van der Waals surface area contributed by atoms with E-state index in [0.29, 0.717) is 34.8 Å². The third kappa shape index (κ3) is 3.56. The number of hydrogen-bond acceptors (Lipinski definition) is 4. The highest BCUT2D eigenvalue weighted by Crippen LogP contribution is 2.62. The number of carbonyl (C=O) groups excluding carboxylic acids is 2. The lowest BCUT2D eigenvalue weighted by molar-refractivity contribution is -0.105. The summed E-state index contributed by atoms with van der Waals surface area (Å²) in [4.78, 5) is 25.8. The van der Waals surface area contributed by atoms with Gasteiger partial charge in [0.2, 0.25) is 0 Å². The van der Waals surface area contributed by atoms with Gasteiger partial charge in [-0.25, -0.2) is 9.59 Å². The number of benzene rings is 2. The van der Waals surface area contributed by atoms with Gasteiger partial charge in [-0.15, -0.1) is 0 Å². The second-order valence-electron chi connectivity index (χ2n) is 9.72. The first-order chi connectivity index (χ1) is 15.0. The third-order valence-corrected chi connectivity index (χ3v) is 8.04. The van der Waals surface area contributed by atoms with Gasteiger partial charge in [-0.1, -0.05) is 63.1 Å². The number of carbonyl (C=O) groups is 2. The Hall–Kier alpha value is -2.62. The first-order valence-electron chi connectivity index (χ1n) is 11.6. The highest BCUT2D eigenvalue weighted by Gasteiger charge is 2.64. The molecule has 2 bridgehead atoms. The number of rotatable bonds is 4. The standard InChI is InChI=1S/C27H30O4/c1-16-13-14-17(2)23-21-15-20(22(16)23)24(30-26(28)18-9-5-3-6-10-18)25(21)31-27(29)19-11-7-4-8-12-19/h3-12,16-17,20-25H,13-15H2,1-2H3. The highest BCUT2D eigenvalue weighted by atomic mass is 16.6. The third-order valence-electron chi connectivity index (χ3n) is 8.04. The molecule has 0 N–H and O–H groups in total. The van der Waals surface area contributed by atoms with E-state index in [0.717, 1.165) is 6.42 Å². The van der Waals surface area contributed by atoms with Crippen LogP contribution in [-0.2, 0) is 9.47 Å². The van der Waals surface area contributed by atoms with Crippen LogP contribution in [-0.4, -0.2) is 24.1 Å². The predicted molar refractivity (Wildman–Crippen MR) is 117 cm³/mol. The summed E-state index contributed by atoms with van der Waals surface area (Å²) in [5, 5.41) is 0. The Kier molecular flexibility index (Phi) is 5.33. The largest absolute Gasteiger partial charge is 0.455 e. The van der Waals surface area contributed by atoms with Gasteiger partial charge >= 0.3 is 11.9 Å². The summed E-state index contributed by atoms with van der Waals surface area (Å²) in [5.74, 6) is 2.16. The molecule has 8 unspecified atom stereocenters. The number of fused-ring (bicyclic) bond motifs is 5. The van der Waals surface area contributed by atoms with Crippen LogP contribution in [0, 0.1) is 35.5 Å². The summed E-state index contributed by atoms with van der Waals surface area (Å²) >= 11 is 0. The van der Waals surface area contributed by atoms with Crippen molar-refractivity contribution in [2.24, 2.45) is 35.5 Å². The maximum Gasteiger partial charge on any atom is 0.338 e. The van der Waals surface area contributed by atoms with Crippen molar-refractivity contribution < 1.29 is 19.1 Å². The van der Waals surface area contributed by atoms with E-state index in [9.17, 15) is 9.59 Å². The maximum atomic E-state index is 12.9. The van der Waals surface area contributed by atoms with Gasteiger partial charge in [0.15, 0.2) is 0 Å². The molecule has 3 aliphatic rings. The molecule has 2 aromatic carbocycles. The van der Waals surface area contributed by atoms with E-state index < -0.39 is 0 Å². The van der Waals surface area contributed by atoms with Crippen molar-refractivity contribution in [3.8, 4) is 0 Å². The van der Waals surface area contributed by atoms with Crippen LogP contribution >= 0.6 is 0 Å². The molecule has 31 heavy (non-hydrogen) atoms. The second-order valence-corrected chi connectivity index (χ2v) is 9.72. The lowest BCUT2D eigenvalue weighted by Crippen LogP contribution is -2.51. The second kappa shape index (κ2) is 8.14. The summed E-state index contributed by atoms with van der Waals surface area (Å²) in [6.07, 6.45) is 2.67. The van der Waals surface area contributed by atoms with E-state index in [4.69, 9.17) is 9.47 Å². The van der Waals surface area contributed by atoms with Gasteiger partial charge < -0.3 is 9.47 Å². The molecule has 4 nitrogen and oxygen atoms in total. The van der Waals surface area contributed by atoms with E-state index in [1.54, 1.807) is 24.3 Å². The van der Waals surface area contributed by atoms with Gasteiger partial charge in [-0.2, -0.15) is 0 Å². The summed E-state index contributed by atoms with van der Waals surface area (Å²) in [6, 6.07) is 18.2. The van der Waals surface area contributed by atoms with E-state index in [1.165, 1.54) is 12.8 Å². The number of ether oxygens (including phenoxy) is 2. The monoisotopic (exact) mass is 418 g/mol. The first kappa shape index (κ1) is 20.3. The van der Waals surface area contributed by atoms with Crippen LogP contribution in [0.5, 0.6) is 0 Å². The molecule has 0 saturated heterocycles. The number of esters is 2. The molecule has 2 aromatic rings. The summed E-state index contributed by atoms with van der Waals surface area (Å²) in [7, 11) is 0. The van der Waals surface area contributed by atoms with Crippen molar-refractivity contribution in [1.82, 2.24) is 0 Å². The van der Waals surface area contributed by atoms with Gasteiger partial charge in [0.05, 0.1) is 11.1 Å². The molecule has 4 heteroatoms. The fourth-order valence-electron chi connectivity index (χ4n) is 6.75. The zero-order valence-electron chi connectivity index (χ0n) is 18.1. The zero-order chi connectivity index (χ0) is 21.5. The topological polar surface area (TPSA) is 52.6 Å². The van der Waals surface area contributed by atoms with Crippen LogP contribution < -0.4 is 0 Å². The Morgan fingerprint density at radius 2 is 1.06 bits per heavy atom. The predicted octanol–water partition coefficient (Wildman–Crippen LogP) is 5.39. The Labute approximate surface area is 183 Å². The van der Waals surface area contributed by atoms with Gasteiger partial charge in [0.25, 0.3) is 0 Å². The lowest BCUT2D eigenvalue weighted by Gasteiger charge is -2.48. The minimum atomic E-state index is -0.376. The van der Waals surface area contributed by atoms with E-state index >= 15 is 0 Å². The minimum Gasteiger partial charge on any atom is -0.455 e. The van der Waals surface area contributed by atoms with E-state index in [2.05, 4.69) is 13.8 Å². The van der Waals surface area contributed by atoms with Crippen LogP contribution in [0.3, 0.4) is 0 Å². The molecule has 162 valence electrons. The fraction of sp³-hybridized carbons (Fsp3) is 0.481. The molecule has 3 saturated carbocycles. The van der Waals surface area contributed by atoms with Crippen LogP contribution in [0.1, 0.15) is 53.8 Å². The van der Waals surface area contributed by atoms with Crippen LogP contribution in [0.2, 0.25) is 0 Å². The highest BCUT2D eigenvalue weighted by molar-refractivity contribution is 5.90. The minimum absolute atomic E-state index is 0.258. The average Bonchev–Trinajstić information content (AvgIpc) is 3.35. The normalized spacial score (nSPS) is 35.9. The molecular formula is C27H30O4. The van der Waals surface area contributed by atoms with Crippen molar-refractivity contribution in [2.75, 3.05) is 0 Å². The van der Waals surface area contributed by atoms with Crippen molar-refractivity contribution in [3.05, 3.63) is 71.8 Å². The molecule has 5 rings (SSSR count). The summed E-state index contributed by atoms with van der Waals surface area (Å²) in [5.41, 5.74) is 1.08. The molecule has 0 radical (unpaired) electrons. The van der Waals surface area contributed by atoms with Crippen molar-refractivity contribution in [1.29, 1.82) is 0 Å². The smallest absolute Gasteiger partial charge is 0.338 e. The Morgan fingerprint density at radius 3 is 1.45 bits per heavy atom. The zero-order valence-corrected chi connectivity index (χ0v) is 18.1. The molecule has 8 atom stereocenters. The SMILES string of the molecule is CC1CCC(C)C2C3CC(C(OC(=O)c4ccccc4)C3OC(=O)c3ccccc3)C12. The lowest BCUT2D eigenvalue weighted by atomic mass is 9.61.